The van der Waals surface area contributed by atoms with Crippen molar-refractivity contribution in [2.24, 2.45) is 17.4 Å². The largest absolute Gasteiger partial charge is 0.508 e. The number of benzene rings is 4. The van der Waals surface area contributed by atoms with E-state index in [-0.39, 0.29) is 171 Å². The molecule has 47 heteroatoms. The molecule has 2 saturated heterocycles. The van der Waals surface area contributed by atoms with E-state index in [0.717, 1.165) is 34.4 Å². The molecule has 15 amide bonds. The van der Waals surface area contributed by atoms with E-state index >= 15 is 0 Å². The molecule has 10 atom stereocenters. The Bertz CT molecular complexity index is 5230. The van der Waals surface area contributed by atoms with E-state index in [1.165, 1.54) is 48.5 Å². The molecule has 0 bridgehead atoms. The summed E-state index contributed by atoms with van der Waals surface area (Å²) in [6, 6.07) is 14.3. The van der Waals surface area contributed by atoms with Crippen LogP contribution in [0, 0.1) is 16.7 Å². The summed E-state index contributed by atoms with van der Waals surface area (Å²) in [5, 5.41) is 108. The number of amides is 15. The number of carbonyl (C=O) groups excluding carboxylic acids is 16. The van der Waals surface area contributed by atoms with E-state index in [1.807, 2.05) is 55.5 Å². The number of aromatic hydroxyl groups is 2. The summed E-state index contributed by atoms with van der Waals surface area (Å²) in [4.78, 5) is 245. The number of nitrogens with zero attached hydrogens (tertiary/aromatic N) is 3. The first-order valence-electron chi connectivity index (χ1n) is 48.4. The van der Waals surface area contributed by atoms with Crippen LogP contribution in [0.3, 0.4) is 0 Å². The molecule has 8 rings (SSSR count). The molecule has 4 aromatic carbocycles. The van der Waals surface area contributed by atoms with Gasteiger partial charge in [0.1, 0.15) is 65.6 Å². The number of guanidine groups is 2. The van der Waals surface area contributed by atoms with Gasteiger partial charge in [0.05, 0.1) is 37.7 Å². The maximum absolute atomic E-state index is 14.7. The second-order valence-corrected chi connectivity index (χ2v) is 35.2. The average Bonchev–Trinajstić information content (AvgIpc) is 1.67. The smallest absolute Gasteiger partial charge is 0.407 e. The van der Waals surface area contributed by atoms with Crippen molar-refractivity contribution in [2.75, 3.05) is 58.9 Å². The van der Waals surface area contributed by atoms with Gasteiger partial charge >= 0.3 is 18.0 Å². The van der Waals surface area contributed by atoms with Crippen molar-refractivity contribution in [3.8, 4) is 34.0 Å². The molecule has 3 aliphatic rings. The Hall–Kier alpha value is -15.4. The molecule has 1 aliphatic carbocycles. The van der Waals surface area contributed by atoms with Gasteiger partial charge in [-0.2, -0.15) is 0 Å². The zero-order valence-electron chi connectivity index (χ0n) is 80.1. The van der Waals surface area contributed by atoms with E-state index in [4.69, 9.17) is 27.0 Å². The Labute approximate surface area is 826 Å². The Morgan fingerprint density at radius 1 is 0.448 bits per heavy atom. The predicted octanol–water partition coefficient (Wildman–Crippen LogP) is -0.0820. The molecule has 0 radical (unpaired) electrons. The van der Waals surface area contributed by atoms with Crippen LogP contribution in [0.25, 0.3) is 22.5 Å². The summed E-state index contributed by atoms with van der Waals surface area (Å²) in [5.41, 5.74) is 16.4. The molecule has 776 valence electrons. The van der Waals surface area contributed by atoms with Crippen molar-refractivity contribution < 1.29 is 111 Å². The van der Waals surface area contributed by atoms with Gasteiger partial charge in [0.15, 0.2) is 17.7 Å². The molecule has 2 aliphatic heterocycles. The molecule has 0 saturated carbocycles. The number of ketones is 1. The number of carboxylic acid groups (broad SMARTS) is 2. The maximum Gasteiger partial charge on any atom is 0.407 e. The number of rotatable bonds is 50. The number of carboxylic acids is 2. The quantitative estimate of drug-likeness (QED) is 0.0137. The number of nitrogens with two attached hydrogens (primary N) is 2. The number of fused-ring (bicyclic) bond motifs is 5. The Balaban J connectivity index is 0.922. The number of aliphatic carboxylic acids is 2. The van der Waals surface area contributed by atoms with E-state index < -0.39 is 187 Å². The maximum atomic E-state index is 14.7. The standard InChI is InChI=1S/C96H134N24O23/c1-2-101-76(124)29-5-3-15-45-107-96(142)143-75-52-59-21-7-8-23-63(59)84-85(65-25-10-9-24-64(65)75)120(119-118-84)48-18-13-30-77(125)102-42-14-4-6-31-79(127)111-69(87(135)104-44-16-11-22-60-51-74(123)66(27-19-46-105-94(97)98)110-80(128)55-108-88(136)72(53-82(130)131)116-92(140)70(114-86(60)134)49-57-32-36-61(121)37-33-57)40-41-78(126)103-43-17-12-26-68-91(139)115-71(50-58-34-38-62(122)39-35-58)93(141)117-73(54-83(132)133)89(137)109-56-81(129)112-67(90(138)113-68)28-20-47-106-95(99)100/h7-10,21,23-25,32-39,60,66-73,75,121-122H,2-6,11-20,22,26-31,40-56H2,1H3,(H,101,124)(H,102,125)(H,103,126)(H,104,135)(H,107,142)(H,108,136)(H,109,137)(H,110,128)(H,111,127)(H,112,129)(H,113,138)(H,114,134)(H,115,139)(H,116,140)(H,117,141)(H,130,131)(H,132,133)(H4,97,98,105)(H4,99,100,106)/t60?,66-,67-,68?,69?,70+,71+,72-,73-,75?/m1/s1. The predicted molar refractivity (Wildman–Crippen MR) is 518 cm³/mol. The highest BCUT2D eigenvalue weighted by Crippen LogP contribution is 2.42. The highest BCUT2D eigenvalue weighted by Gasteiger charge is 2.38. The highest BCUT2D eigenvalue weighted by atomic mass is 16.6. The van der Waals surface area contributed by atoms with Crippen LogP contribution < -0.4 is 102 Å². The van der Waals surface area contributed by atoms with Gasteiger partial charge < -0.3 is 127 Å². The summed E-state index contributed by atoms with van der Waals surface area (Å²) >= 11 is 0. The van der Waals surface area contributed by atoms with Crippen LogP contribution in [-0.2, 0) is 112 Å². The van der Waals surface area contributed by atoms with Crippen molar-refractivity contribution >= 4 is 118 Å². The van der Waals surface area contributed by atoms with Crippen LogP contribution in [-0.4, -0.2) is 261 Å². The van der Waals surface area contributed by atoms with E-state index in [1.54, 1.807) is 4.68 Å². The summed E-state index contributed by atoms with van der Waals surface area (Å²) in [6.07, 6.45) is 0.590. The fraction of sp³-hybridized carbons (Fsp3) is 0.521. The third kappa shape index (κ3) is 40.4. The third-order valence-corrected chi connectivity index (χ3v) is 23.9. The lowest BCUT2D eigenvalue weighted by atomic mass is 9.87. The fourth-order valence-corrected chi connectivity index (χ4v) is 16.4. The van der Waals surface area contributed by atoms with E-state index in [2.05, 4.69) is 101 Å². The second-order valence-electron chi connectivity index (χ2n) is 35.2. The highest BCUT2D eigenvalue weighted by molar-refractivity contribution is 6.00. The number of phenols is 2. The molecule has 4 unspecified atom stereocenters. The molecule has 27 N–H and O–H groups in total. The number of ether oxygens (including phenoxy) is 1. The fourth-order valence-electron chi connectivity index (χ4n) is 16.4. The molecular weight excluding hydrogens is 1860 g/mol. The van der Waals surface area contributed by atoms with Crippen molar-refractivity contribution in [2.45, 2.75) is 254 Å². The minimum absolute atomic E-state index is 0.0110. The number of Topliss-reactive ketones (excluding diaryl/α,β-unsaturated/α-hetero) is 1. The van der Waals surface area contributed by atoms with Crippen LogP contribution in [0.15, 0.2) is 97.1 Å². The summed E-state index contributed by atoms with van der Waals surface area (Å²) in [7, 11) is 0. The molecule has 2 fully saturated rings. The molecule has 1 aromatic heterocycles. The molecular formula is C96H134N24O23. The van der Waals surface area contributed by atoms with Gasteiger partial charge in [0.25, 0.3) is 0 Å². The summed E-state index contributed by atoms with van der Waals surface area (Å²) in [5.74, 6) is -16.7. The number of carbonyl (C=O) groups is 18. The third-order valence-electron chi connectivity index (χ3n) is 23.9. The summed E-state index contributed by atoms with van der Waals surface area (Å²) in [6.45, 7) is 1.89. The Morgan fingerprint density at radius 3 is 1.46 bits per heavy atom. The normalized spacial score (nSPS) is 18.8. The van der Waals surface area contributed by atoms with Crippen LogP contribution in [0.1, 0.15) is 202 Å². The Kier molecular flexibility index (Phi) is 47.3. The first-order valence-corrected chi connectivity index (χ1v) is 48.4. The average molecular weight is 1990 g/mol. The number of alkyl carbamates (subject to hydrolysis) is 1. The topological polar surface area (TPSA) is 732 Å². The first-order chi connectivity index (χ1) is 68.6. The lowest BCUT2D eigenvalue weighted by Crippen LogP contribution is -2.58. The van der Waals surface area contributed by atoms with Crippen molar-refractivity contribution in [3.63, 3.8) is 0 Å². The number of unbranched alkanes of at least 4 members (excludes halogenated alkanes) is 7. The number of aryl methyl sites for hydroxylation is 1. The molecule has 3 heterocycles. The lowest BCUT2D eigenvalue weighted by Gasteiger charge is -2.26. The van der Waals surface area contributed by atoms with Gasteiger partial charge in [0.2, 0.25) is 82.7 Å². The van der Waals surface area contributed by atoms with Crippen molar-refractivity contribution in [1.82, 2.24) is 105 Å². The number of hydrogen-bond donors (Lipinski definition) is 25. The van der Waals surface area contributed by atoms with Gasteiger partial charge in [-0.15, -0.1) is 5.10 Å². The number of nitrogens with one attached hydrogen (secondary N) is 19. The van der Waals surface area contributed by atoms with Crippen molar-refractivity contribution in [1.29, 1.82) is 10.8 Å². The molecule has 5 aromatic rings. The minimum atomic E-state index is -1.77. The zero-order chi connectivity index (χ0) is 104. The summed E-state index contributed by atoms with van der Waals surface area (Å²) < 4.78 is 7.97. The van der Waals surface area contributed by atoms with Crippen LogP contribution in [0.2, 0.25) is 0 Å². The van der Waals surface area contributed by atoms with E-state index in [0.29, 0.717) is 94.2 Å². The molecule has 47 nitrogen and oxygen atoms in total. The number of phenolic OH excluding ortho intramolecular Hbond substituents is 2. The molecule has 0 spiro atoms. The second kappa shape index (κ2) is 59.9. The SMILES string of the molecule is CCNC(=O)CCCCCNC(=O)OC1Cc2ccccc2-c2nnn(CCCCC(=O)NCCCCCC(=O)NC(CCC(=O)NCCCCC3NC(=O)[C@@H](CCCNC(=N)N)NC(=O)CNC(=O)[C@@H](CC(=O)O)NC(=O)[C@H](Cc4ccc(O)cc4)NC3=O)C(=O)NCCCCC3CC(=O)[C@@H](CCCNC(=N)N)NC(=O)CNC(=O)[C@@H](CC(=O)O)NC(=O)[C@H](Cc4ccc(O)cc4)NC3=O)c2-c2ccccc21. The van der Waals surface area contributed by atoms with Crippen LogP contribution in [0.5, 0.6) is 11.5 Å². The van der Waals surface area contributed by atoms with Gasteiger partial charge in [-0.05, 0) is 151 Å². The minimum Gasteiger partial charge on any atom is -0.508 e. The number of hydrogen-bond acceptors (Lipinski definition) is 25. The van der Waals surface area contributed by atoms with Crippen LogP contribution >= 0.6 is 0 Å². The lowest BCUT2D eigenvalue weighted by molar-refractivity contribution is -0.141. The van der Waals surface area contributed by atoms with Gasteiger partial charge in [-0.25, -0.2) is 9.48 Å². The molecule has 143 heavy (non-hydrogen) atoms. The van der Waals surface area contributed by atoms with Crippen molar-refractivity contribution in [3.05, 3.63) is 119 Å². The van der Waals surface area contributed by atoms with Gasteiger partial charge in [0, 0.05) is 126 Å². The zero-order valence-corrected chi connectivity index (χ0v) is 80.1. The Morgan fingerprint density at radius 2 is 0.895 bits per heavy atom. The van der Waals surface area contributed by atoms with Gasteiger partial charge in [-0.3, -0.25) is 92.3 Å². The van der Waals surface area contributed by atoms with E-state index in [9.17, 15) is 107 Å². The first kappa shape index (κ1) is 113. The van der Waals surface area contributed by atoms with Gasteiger partial charge in [-0.1, -0.05) is 97.3 Å². The monoisotopic (exact) mass is 1990 g/mol. The number of aromatic nitrogens is 3. The van der Waals surface area contributed by atoms with Crippen LogP contribution in [0.4, 0.5) is 4.79 Å².